The minimum atomic E-state index is -0.194. The van der Waals surface area contributed by atoms with Crippen molar-refractivity contribution in [2.24, 2.45) is 0 Å². The summed E-state index contributed by atoms with van der Waals surface area (Å²) in [4.78, 5) is 15.9. The number of carbonyl (C=O) groups excluding carboxylic acids is 1. The number of pyridine rings is 1. The van der Waals surface area contributed by atoms with Gasteiger partial charge in [0.05, 0.1) is 11.4 Å². The number of hydrogen-bond acceptors (Lipinski definition) is 7. The topological polar surface area (TPSA) is 79.8 Å². The summed E-state index contributed by atoms with van der Waals surface area (Å²) >= 11 is 14.7. The van der Waals surface area contributed by atoms with Crippen LogP contribution in [-0.4, -0.2) is 26.8 Å². The summed E-state index contributed by atoms with van der Waals surface area (Å²) < 4.78 is 0.680. The van der Waals surface area contributed by atoms with Crippen LogP contribution in [0.3, 0.4) is 0 Å². The number of amides is 1. The van der Waals surface area contributed by atoms with Crippen molar-refractivity contribution in [2.75, 3.05) is 16.4 Å². The molecule has 1 aromatic carbocycles. The van der Waals surface area contributed by atoms with Crippen LogP contribution in [0.15, 0.2) is 40.9 Å². The third kappa shape index (κ3) is 4.85. The summed E-state index contributed by atoms with van der Waals surface area (Å²) in [6, 6.07) is 9.01. The molecule has 6 nitrogen and oxygen atoms in total. The lowest BCUT2D eigenvalue weighted by Gasteiger charge is -2.07. The van der Waals surface area contributed by atoms with E-state index in [2.05, 4.69) is 25.8 Å². The molecule has 134 valence electrons. The van der Waals surface area contributed by atoms with Gasteiger partial charge in [0.1, 0.15) is 0 Å². The molecule has 0 saturated carbocycles. The molecule has 0 spiro atoms. The summed E-state index contributed by atoms with van der Waals surface area (Å²) in [5, 5.41) is 15.6. The highest BCUT2D eigenvalue weighted by Gasteiger charge is 2.11. The molecule has 3 rings (SSSR count). The second-order valence-electron chi connectivity index (χ2n) is 5.09. The van der Waals surface area contributed by atoms with E-state index in [4.69, 9.17) is 23.2 Å². The second kappa shape index (κ2) is 8.68. The van der Waals surface area contributed by atoms with Gasteiger partial charge in [0.15, 0.2) is 9.49 Å². The van der Waals surface area contributed by atoms with Crippen molar-refractivity contribution in [1.29, 1.82) is 0 Å². The summed E-state index contributed by atoms with van der Waals surface area (Å²) in [6.07, 6.45) is 1.56. The maximum Gasteiger partial charge on any atom is 0.234 e. The van der Waals surface area contributed by atoms with Crippen LogP contribution in [-0.2, 0) is 4.79 Å². The van der Waals surface area contributed by atoms with Gasteiger partial charge < -0.3 is 10.6 Å². The monoisotopic (exact) mass is 425 g/mol. The third-order valence-electron chi connectivity index (χ3n) is 3.28. The van der Waals surface area contributed by atoms with Crippen molar-refractivity contribution < 1.29 is 4.79 Å². The molecule has 2 aromatic heterocycles. The van der Waals surface area contributed by atoms with E-state index in [9.17, 15) is 4.79 Å². The SMILES string of the molecule is Cc1c(Cl)cccc1Nc1nnc(SCC(=O)Nc2cccnc2Cl)s1. The third-order valence-corrected chi connectivity index (χ3v) is 5.96. The maximum atomic E-state index is 12.0. The number of hydrogen-bond donors (Lipinski definition) is 2. The highest BCUT2D eigenvalue weighted by atomic mass is 35.5. The summed E-state index contributed by atoms with van der Waals surface area (Å²) in [5.41, 5.74) is 2.29. The van der Waals surface area contributed by atoms with Crippen molar-refractivity contribution >= 4 is 68.7 Å². The Balaban J connectivity index is 1.56. The van der Waals surface area contributed by atoms with Crippen LogP contribution < -0.4 is 10.6 Å². The Hall–Kier alpha value is -1.87. The number of aromatic nitrogens is 3. The molecule has 26 heavy (non-hydrogen) atoms. The summed E-state index contributed by atoms with van der Waals surface area (Å²) in [7, 11) is 0. The van der Waals surface area contributed by atoms with E-state index in [0.29, 0.717) is 20.2 Å². The van der Waals surface area contributed by atoms with Crippen LogP contribution in [0.4, 0.5) is 16.5 Å². The first-order chi connectivity index (χ1) is 12.5. The molecule has 2 N–H and O–H groups in total. The zero-order valence-electron chi connectivity index (χ0n) is 13.5. The van der Waals surface area contributed by atoms with Crippen LogP contribution in [0, 0.1) is 6.92 Å². The number of anilines is 3. The average molecular weight is 426 g/mol. The fourth-order valence-corrected chi connectivity index (χ4v) is 3.87. The van der Waals surface area contributed by atoms with E-state index in [1.165, 1.54) is 23.1 Å². The zero-order valence-corrected chi connectivity index (χ0v) is 16.6. The smallest absolute Gasteiger partial charge is 0.234 e. The Morgan fingerprint density at radius 3 is 2.81 bits per heavy atom. The molecule has 1 amide bonds. The minimum absolute atomic E-state index is 0.191. The van der Waals surface area contributed by atoms with Gasteiger partial charge in [-0.15, -0.1) is 10.2 Å². The lowest BCUT2D eigenvalue weighted by atomic mass is 10.2. The molecular formula is C16H13Cl2N5OS2. The number of thioether (sulfide) groups is 1. The average Bonchev–Trinajstić information content (AvgIpc) is 3.07. The van der Waals surface area contributed by atoms with Gasteiger partial charge in [-0.05, 0) is 36.8 Å². The van der Waals surface area contributed by atoms with Crippen LogP contribution in [0.2, 0.25) is 10.2 Å². The fraction of sp³-hybridized carbons (Fsp3) is 0.125. The van der Waals surface area contributed by atoms with Gasteiger partial charge in [0, 0.05) is 16.9 Å². The Labute approximate surface area is 168 Å². The zero-order chi connectivity index (χ0) is 18.5. The van der Waals surface area contributed by atoms with E-state index < -0.39 is 0 Å². The fourth-order valence-electron chi connectivity index (χ4n) is 1.97. The Morgan fingerprint density at radius 2 is 2.00 bits per heavy atom. The molecular weight excluding hydrogens is 413 g/mol. The predicted octanol–water partition coefficient (Wildman–Crippen LogP) is 5.02. The van der Waals surface area contributed by atoms with Gasteiger partial charge in [-0.25, -0.2) is 4.98 Å². The Morgan fingerprint density at radius 1 is 1.19 bits per heavy atom. The summed E-state index contributed by atoms with van der Waals surface area (Å²) in [6.45, 7) is 1.93. The van der Waals surface area contributed by atoms with Gasteiger partial charge in [-0.2, -0.15) is 0 Å². The molecule has 0 saturated heterocycles. The minimum Gasteiger partial charge on any atom is -0.330 e. The predicted molar refractivity (Wildman–Crippen MR) is 108 cm³/mol. The van der Waals surface area contributed by atoms with Gasteiger partial charge in [0.25, 0.3) is 0 Å². The first kappa shape index (κ1) is 18.9. The molecule has 0 radical (unpaired) electrons. The molecule has 0 bridgehead atoms. The van der Waals surface area contributed by atoms with E-state index in [-0.39, 0.29) is 16.8 Å². The first-order valence-corrected chi connectivity index (χ1v) is 9.97. The molecule has 0 unspecified atom stereocenters. The molecule has 0 fully saturated rings. The van der Waals surface area contributed by atoms with Gasteiger partial charge in [-0.3, -0.25) is 4.79 Å². The number of nitrogens with zero attached hydrogens (tertiary/aromatic N) is 3. The van der Waals surface area contributed by atoms with Crippen LogP contribution in [0.5, 0.6) is 0 Å². The Kier molecular flexibility index (Phi) is 6.31. The molecule has 10 heteroatoms. The standard InChI is InChI=1S/C16H13Cl2N5OS2/c1-9-10(17)4-2-5-11(9)21-15-22-23-16(26-15)25-8-13(24)20-12-6-3-7-19-14(12)18/h2-7H,8H2,1H3,(H,20,24)(H,21,22). The van der Waals surface area contributed by atoms with Crippen molar-refractivity contribution in [1.82, 2.24) is 15.2 Å². The van der Waals surface area contributed by atoms with Crippen molar-refractivity contribution in [2.45, 2.75) is 11.3 Å². The van der Waals surface area contributed by atoms with Gasteiger partial charge >= 0.3 is 0 Å². The lowest BCUT2D eigenvalue weighted by molar-refractivity contribution is -0.113. The number of rotatable bonds is 6. The van der Waals surface area contributed by atoms with E-state index in [1.54, 1.807) is 18.3 Å². The number of carbonyl (C=O) groups is 1. The quantitative estimate of drug-likeness (QED) is 0.426. The van der Waals surface area contributed by atoms with Gasteiger partial charge in [0.2, 0.25) is 11.0 Å². The summed E-state index contributed by atoms with van der Waals surface area (Å²) in [5.74, 6) is -0.00365. The largest absolute Gasteiger partial charge is 0.330 e. The Bertz CT molecular complexity index is 935. The molecule has 0 aliphatic heterocycles. The molecule has 3 aromatic rings. The highest BCUT2D eigenvalue weighted by Crippen LogP contribution is 2.30. The van der Waals surface area contributed by atoms with Crippen LogP contribution >= 0.6 is 46.3 Å². The van der Waals surface area contributed by atoms with Gasteiger partial charge in [-0.1, -0.05) is 52.4 Å². The lowest BCUT2D eigenvalue weighted by Crippen LogP contribution is -2.14. The second-order valence-corrected chi connectivity index (χ2v) is 8.05. The van der Waals surface area contributed by atoms with E-state index in [0.717, 1.165) is 11.3 Å². The van der Waals surface area contributed by atoms with Crippen LogP contribution in [0.25, 0.3) is 0 Å². The van der Waals surface area contributed by atoms with Crippen molar-refractivity contribution in [3.05, 3.63) is 52.3 Å². The number of halogens is 2. The first-order valence-electron chi connectivity index (χ1n) is 7.42. The van der Waals surface area contributed by atoms with E-state index >= 15 is 0 Å². The highest BCUT2D eigenvalue weighted by molar-refractivity contribution is 8.01. The number of nitrogens with one attached hydrogen (secondary N) is 2. The maximum absolute atomic E-state index is 12.0. The van der Waals surface area contributed by atoms with E-state index in [1.807, 2.05) is 25.1 Å². The normalized spacial score (nSPS) is 10.6. The molecule has 0 aliphatic rings. The van der Waals surface area contributed by atoms with Crippen molar-refractivity contribution in [3.63, 3.8) is 0 Å². The van der Waals surface area contributed by atoms with Crippen LogP contribution in [0.1, 0.15) is 5.56 Å². The molecule has 2 heterocycles. The number of benzene rings is 1. The molecule has 0 atom stereocenters. The molecule has 0 aliphatic carbocycles. The van der Waals surface area contributed by atoms with Crippen molar-refractivity contribution in [3.8, 4) is 0 Å².